The van der Waals surface area contributed by atoms with Crippen molar-refractivity contribution in [2.24, 2.45) is 0 Å². The van der Waals surface area contributed by atoms with E-state index in [0.717, 1.165) is 69.6 Å². The van der Waals surface area contributed by atoms with Gasteiger partial charge in [0.2, 0.25) is 0 Å². The van der Waals surface area contributed by atoms with Gasteiger partial charge in [-0.15, -0.1) is 0 Å². The topological polar surface area (TPSA) is 21.7 Å². The van der Waals surface area contributed by atoms with Gasteiger partial charge in [0, 0.05) is 40.7 Å². The van der Waals surface area contributed by atoms with Crippen LogP contribution in [0.2, 0.25) is 0 Å². The SMILES string of the molecule is C=CC(=C)C1(c2ccc(N3CCCC3)cc2)C=C(/C(C=C)=C/CC)c2cc(OC)c3ccccc3c2O1.CC. The molecule has 0 aliphatic carbocycles. The van der Waals surface area contributed by atoms with Crippen LogP contribution in [0.4, 0.5) is 5.69 Å². The highest BCUT2D eigenvalue weighted by molar-refractivity contribution is 6.01. The Morgan fingerprint density at radius 3 is 2.26 bits per heavy atom. The lowest BCUT2D eigenvalue weighted by molar-refractivity contribution is 0.162. The molecular weight excluding hydrogens is 478 g/mol. The summed E-state index contributed by atoms with van der Waals surface area (Å²) in [6, 6.07) is 19.0. The predicted molar refractivity (Wildman–Crippen MR) is 168 cm³/mol. The number of hydrogen-bond donors (Lipinski definition) is 0. The molecule has 2 aliphatic rings. The van der Waals surface area contributed by atoms with E-state index in [1.54, 1.807) is 13.2 Å². The monoisotopic (exact) mass is 519 g/mol. The van der Waals surface area contributed by atoms with Crippen molar-refractivity contribution in [1.82, 2.24) is 0 Å². The third-order valence-electron chi connectivity index (χ3n) is 7.52. The summed E-state index contributed by atoms with van der Waals surface area (Å²) in [6.07, 6.45) is 11.5. The highest BCUT2D eigenvalue weighted by atomic mass is 16.5. The maximum Gasteiger partial charge on any atom is 0.178 e. The maximum atomic E-state index is 7.06. The number of rotatable bonds is 8. The minimum Gasteiger partial charge on any atom is -0.496 e. The van der Waals surface area contributed by atoms with Crippen LogP contribution >= 0.6 is 0 Å². The fraction of sp³-hybridized carbons (Fsp3) is 0.278. The molecule has 0 aromatic heterocycles. The van der Waals surface area contributed by atoms with Crippen LogP contribution in [0.3, 0.4) is 0 Å². The van der Waals surface area contributed by atoms with E-state index in [1.807, 2.05) is 32.1 Å². The second kappa shape index (κ2) is 12.3. The van der Waals surface area contributed by atoms with E-state index in [0.29, 0.717) is 0 Å². The van der Waals surface area contributed by atoms with Crippen LogP contribution in [0.1, 0.15) is 51.2 Å². The zero-order valence-corrected chi connectivity index (χ0v) is 23.9. The molecule has 3 aromatic carbocycles. The smallest absolute Gasteiger partial charge is 0.178 e. The van der Waals surface area contributed by atoms with Crippen LogP contribution in [0.25, 0.3) is 16.3 Å². The number of ether oxygens (including phenoxy) is 2. The molecule has 2 heterocycles. The number of anilines is 1. The molecule has 1 saturated heterocycles. The van der Waals surface area contributed by atoms with Gasteiger partial charge < -0.3 is 14.4 Å². The van der Waals surface area contributed by atoms with Gasteiger partial charge in [-0.1, -0.05) is 95.1 Å². The van der Waals surface area contributed by atoms with Crippen molar-refractivity contribution in [3.8, 4) is 11.5 Å². The minimum atomic E-state index is -0.916. The Morgan fingerprint density at radius 1 is 1.00 bits per heavy atom. The summed E-state index contributed by atoms with van der Waals surface area (Å²) in [5, 5.41) is 2.00. The van der Waals surface area contributed by atoms with E-state index in [1.165, 1.54) is 18.5 Å². The molecule has 3 nitrogen and oxygen atoms in total. The zero-order valence-electron chi connectivity index (χ0n) is 23.9. The summed E-state index contributed by atoms with van der Waals surface area (Å²) in [5.74, 6) is 1.62. The lowest BCUT2D eigenvalue weighted by Gasteiger charge is -2.39. The van der Waals surface area contributed by atoms with Gasteiger partial charge in [-0.25, -0.2) is 0 Å². The molecule has 202 valence electrons. The fourth-order valence-corrected chi connectivity index (χ4v) is 5.56. The van der Waals surface area contributed by atoms with Crippen molar-refractivity contribution in [2.75, 3.05) is 25.1 Å². The first kappa shape index (κ1) is 28.0. The molecule has 5 rings (SSSR count). The van der Waals surface area contributed by atoms with Crippen LogP contribution in [-0.4, -0.2) is 20.2 Å². The van der Waals surface area contributed by atoms with Crippen molar-refractivity contribution < 1.29 is 9.47 Å². The standard InChI is InChI=1S/C34H35NO2.C2H6/c1-6-13-25(8-3)31-23-34(24(4)7-2,26-16-18-27(19-17-26)35-20-11-12-21-35)37-33-29-15-10-9-14-28(29)32(36-5)22-30(31)33;1-2/h7-10,13-19,22-23H,2-4,6,11-12,20-21H2,1,5H3;1-2H3/b25-13+;. The number of hydrogen-bond acceptors (Lipinski definition) is 3. The Bertz CT molecular complexity index is 1420. The van der Waals surface area contributed by atoms with Gasteiger partial charge in [0.25, 0.3) is 0 Å². The van der Waals surface area contributed by atoms with E-state index in [9.17, 15) is 0 Å². The quantitative estimate of drug-likeness (QED) is 0.277. The first-order chi connectivity index (χ1) is 19.1. The molecule has 39 heavy (non-hydrogen) atoms. The second-order valence-corrected chi connectivity index (χ2v) is 9.64. The van der Waals surface area contributed by atoms with Crippen LogP contribution in [-0.2, 0) is 5.60 Å². The molecule has 2 aliphatic heterocycles. The summed E-state index contributed by atoms with van der Waals surface area (Å²) < 4.78 is 12.9. The molecule has 3 heteroatoms. The minimum absolute atomic E-state index is 0.782. The molecule has 1 fully saturated rings. The molecule has 0 spiro atoms. The van der Waals surface area contributed by atoms with Crippen molar-refractivity contribution in [1.29, 1.82) is 0 Å². The normalized spacial score (nSPS) is 18.3. The summed E-state index contributed by atoms with van der Waals surface area (Å²) >= 11 is 0. The lowest BCUT2D eigenvalue weighted by atomic mass is 9.79. The third-order valence-corrected chi connectivity index (χ3v) is 7.52. The van der Waals surface area contributed by atoms with Gasteiger partial charge >= 0.3 is 0 Å². The zero-order chi connectivity index (χ0) is 28.0. The van der Waals surface area contributed by atoms with Gasteiger partial charge in [-0.2, -0.15) is 0 Å². The van der Waals surface area contributed by atoms with Gasteiger partial charge in [0.05, 0.1) is 7.11 Å². The third kappa shape index (κ3) is 5.06. The largest absolute Gasteiger partial charge is 0.496 e. The van der Waals surface area contributed by atoms with Gasteiger partial charge in [0.15, 0.2) is 5.60 Å². The number of benzene rings is 3. The predicted octanol–water partition coefficient (Wildman–Crippen LogP) is 9.41. The van der Waals surface area contributed by atoms with Crippen LogP contribution < -0.4 is 14.4 Å². The van der Waals surface area contributed by atoms with Gasteiger partial charge in [-0.3, -0.25) is 0 Å². The Morgan fingerprint density at radius 2 is 1.67 bits per heavy atom. The summed E-state index contributed by atoms with van der Waals surface area (Å²) in [6.45, 7) is 21.0. The number of allylic oxidation sites excluding steroid dienone is 4. The molecule has 1 atom stereocenters. The average molecular weight is 520 g/mol. The Labute approximate surface area is 234 Å². The molecule has 1 unspecified atom stereocenters. The fourth-order valence-electron chi connectivity index (χ4n) is 5.56. The highest BCUT2D eigenvalue weighted by Gasteiger charge is 2.40. The average Bonchev–Trinajstić information content (AvgIpc) is 3.55. The van der Waals surface area contributed by atoms with Crippen molar-refractivity contribution in [3.05, 3.63) is 121 Å². The molecule has 3 aromatic rings. The van der Waals surface area contributed by atoms with Gasteiger partial charge in [0.1, 0.15) is 11.5 Å². The molecule has 0 amide bonds. The van der Waals surface area contributed by atoms with E-state index in [2.05, 4.69) is 86.2 Å². The highest BCUT2D eigenvalue weighted by Crippen LogP contribution is 2.51. The number of methoxy groups -OCH3 is 1. The Kier molecular flexibility index (Phi) is 8.81. The lowest BCUT2D eigenvalue weighted by Crippen LogP contribution is -2.35. The maximum absolute atomic E-state index is 7.06. The number of fused-ring (bicyclic) bond motifs is 3. The van der Waals surface area contributed by atoms with Crippen LogP contribution in [0, 0.1) is 0 Å². The first-order valence-corrected chi connectivity index (χ1v) is 14.1. The number of nitrogens with zero attached hydrogens (tertiary/aromatic N) is 1. The van der Waals surface area contributed by atoms with E-state index < -0.39 is 5.60 Å². The first-order valence-electron chi connectivity index (χ1n) is 14.1. The second-order valence-electron chi connectivity index (χ2n) is 9.64. The van der Waals surface area contributed by atoms with Gasteiger partial charge in [-0.05, 0) is 60.3 Å². The molecule has 0 radical (unpaired) electrons. The molecular formula is C36H41NO2. The van der Waals surface area contributed by atoms with Crippen LogP contribution in [0.15, 0.2) is 110 Å². The summed E-state index contributed by atoms with van der Waals surface area (Å²) in [4.78, 5) is 2.44. The summed E-state index contributed by atoms with van der Waals surface area (Å²) in [5.41, 5.74) is 5.21. The van der Waals surface area contributed by atoms with E-state index in [4.69, 9.17) is 9.47 Å². The summed E-state index contributed by atoms with van der Waals surface area (Å²) in [7, 11) is 1.71. The van der Waals surface area contributed by atoms with E-state index >= 15 is 0 Å². The van der Waals surface area contributed by atoms with Crippen LogP contribution in [0.5, 0.6) is 11.5 Å². The van der Waals surface area contributed by atoms with Crippen molar-refractivity contribution >= 4 is 22.0 Å². The molecule has 0 N–H and O–H groups in total. The molecule has 0 bridgehead atoms. The van der Waals surface area contributed by atoms with Crippen molar-refractivity contribution in [3.63, 3.8) is 0 Å². The Hall–Kier alpha value is -3.98. The van der Waals surface area contributed by atoms with Crippen molar-refractivity contribution in [2.45, 2.75) is 45.6 Å². The Balaban J connectivity index is 0.00000172. The molecule has 0 saturated carbocycles. The van der Waals surface area contributed by atoms with E-state index in [-0.39, 0.29) is 0 Å².